The van der Waals surface area contributed by atoms with E-state index in [0.717, 1.165) is 4.68 Å². The molecule has 0 atom stereocenters. The van der Waals surface area contributed by atoms with Crippen molar-refractivity contribution >= 4 is 11.6 Å². The summed E-state index contributed by atoms with van der Waals surface area (Å²) in [6.45, 7) is 0.848. The van der Waals surface area contributed by atoms with E-state index in [4.69, 9.17) is 0 Å². The van der Waals surface area contributed by atoms with Gasteiger partial charge in [-0.2, -0.15) is 5.10 Å². The van der Waals surface area contributed by atoms with E-state index in [1.54, 1.807) is 0 Å². The average Bonchev–Trinajstić information content (AvgIpc) is 2.78. The Morgan fingerprint density at radius 3 is 2.60 bits per heavy atom. The lowest BCUT2D eigenvalue weighted by atomic mass is 10.2. The highest BCUT2D eigenvalue weighted by Gasteiger charge is 2.19. The summed E-state index contributed by atoms with van der Waals surface area (Å²) in [5.74, 6) is -6.48. The Bertz CT molecular complexity index is 669. The molecule has 0 saturated carbocycles. The third kappa shape index (κ3) is 2.79. The van der Waals surface area contributed by atoms with E-state index >= 15 is 0 Å². The lowest BCUT2D eigenvalue weighted by molar-refractivity contribution is -0.114. The normalized spacial score (nSPS) is 10.7. The lowest BCUT2D eigenvalue weighted by Crippen LogP contribution is -2.08. The quantitative estimate of drug-likeness (QED) is 0.535. The van der Waals surface area contributed by atoms with E-state index in [1.165, 1.54) is 19.3 Å². The van der Waals surface area contributed by atoms with E-state index in [0.29, 0.717) is 5.69 Å². The van der Waals surface area contributed by atoms with Crippen molar-refractivity contribution in [3.8, 4) is 0 Å². The van der Waals surface area contributed by atoms with Crippen LogP contribution in [0.25, 0.3) is 0 Å². The molecule has 1 aromatic heterocycles. The number of hydrogen-bond donors (Lipinski definition) is 1. The van der Waals surface area contributed by atoms with Gasteiger partial charge in [-0.1, -0.05) is 0 Å². The minimum Gasteiger partial charge on any atom is -0.324 e. The first-order valence-electron chi connectivity index (χ1n) is 5.50. The smallest absolute Gasteiger partial charge is 0.221 e. The van der Waals surface area contributed by atoms with E-state index in [-0.39, 0.29) is 12.0 Å². The molecule has 0 radical (unpaired) electrons. The van der Waals surface area contributed by atoms with Gasteiger partial charge in [0.05, 0.1) is 18.4 Å². The van der Waals surface area contributed by atoms with Crippen molar-refractivity contribution in [2.45, 2.75) is 13.5 Å². The van der Waals surface area contributed by atoms with Gasteiger partial charge in [0.2, 0.25) is 5.91 Å². The van der Waals surface area contributed by atoms with Crippen LogP contribution < -0.4 is 5.32 Å². The molecule has 0 spiro atoms. The van der Waals surface area contributed by atoms with Crippen molar-refractivity contribution in [2.75, 3.05) is 5.32 Å². The van der Waals surface area contributed by atoms with Crippen molar-refractivity contribution in [2.24, 2.45) is 0 Å². The monoisotopic (exact) mass is 287 g/mol. The molecule has 0 saturated heterocycles. The molecule has 20 heavy (non-hydrogen) atoms. The van der Waals surface area contributed by atoms with Crippen LogP contribution in [-0.2, 0) is 11.3 Å². The molecule has 2 rings (SSSR count). The van der Waals surface area contributed by atoms with Gasteiger partial charge < -0.3 is 5.32 Å². The fraction of sp³-hybridized carbons (Fsp3) is 0.167. The molecule has 1 aromatic carbocycles. The number of benzene rings is 1. The maximum Gasteiger partial charge on any atom is 0.221 e. The van der Waals surface area contributed by atoms with Crippen molar-refractivity contribution < 1.29 is 22.4 Å². The molecule has 0 unspecified atom stereocenters. The third-order valence-electron chi connectivity index (χ3n) is 2.48. The van der Waals surface area contributed by atoms with Gasteiger partial charge in [0.25, 0.3) is 0 Å². The number of hydrogen-bond acceptors (Lipinski definition) is 2. The first-order chi connectivity index (χ1) is 9.38. The summed E-state index contributed by atoms with van der Waals surface area (Å²) in [5, 5.41) is 6.17. The summed E-state index contributed by atoms with van der Waals surface area (Å²) >= 11 is 0. The summed E-state index contributed by atoms with van der Waals surface area (Å²) in [6, 6.07) is 0.270. The molecular formula is C12H9F4N3O. The van der Waals surface area contributed by atoms with E-state index in [2.05, 4.69) is 10.4 Å². The average molecular weight is 287 g/mol. The molecule has 0 aliphatic rings. The first kappa shape index (κ1) is 14.0. The van der Waals surface area contributed by atoms with Gasteiger partial charge in [0, 0.05) is 24.8 Å². The first-order valence-corrected chi connectivity index (χ1v) is 5.50. The van der Waals surface area contributed by atoms with Crippen LogP contribution in [0.3, 0.4) is 0 Å². The highest BCUT2D eigenvalue weighted by atomic mass is 19.2. The number of amides is 1. The lowest BCUT2D eigenvalue weighted by Gasteiger charge is -2.06. The SMILES string of the molecule is CC(=O)Nc1cnn(Cc2c(F)cc(F)c(F)c2F)c1. The maximum absolute atomic E-state index is 13.5. The van der Waals surface area contributed by atoms with Gasteiger partial charge in [-0.3, -0.25) is 9.48 Å². The Kier molecular flexibility index (Phi) is 3.73. The zero-order valence-electron chi connectivity index (χ0n) is 10.3. The summed E-state index contributed by atoms with van der Waals surface area (Å²) in [6.07, 6.45) is 2.57. The Hall–Kier alpha value is -2.38. The molecule has 106 valence electrons. The van der Waals surface area contributed by atoms with Crippen LogP contribution >= 0.6 is 0 Å². The standard InChI is InChI=1S/C12H9F4N3O/c1-6(20)18-7-3-17-19(4-7)5-8-9(13)2-10(14)12(16)11(8)15/h2-4H,5H2,1H3,(H,18,20). The zero-order valence-corrected chi connectivity index (χ0v) is 10.3. The molecule has 1 heterocycles. The Morgan fingerprint density at radius 1 is 1.25 bits per heavy atom. The highest BCUT2D eigenvalue weighted by molar-refractivity contribution is 5.88. The molecule has 0 aliphatic heterocycles. The molecule has 0 aliphatic carbocycles. The van der Waals surface area contributed by atoms with Crippen LogP contribution in [0.15, 0.2) is 18.5 Å². The van der Waals surface area contributed by atoms with E-state index in [9.17, 15) is 22.4 Å². The van der Waals surface area contributed by atoms with Crippen LogP contribution in [0.4, 0.5) is 23.2 Å². The maximum atomic E-state index is 13.5. The van der Waals surface area contributed by atoms with Crippen LogP contribution in [0.5, 0.6) is 0 Å². The number of carbonyl (C=O) groups is 1. The molecule has 2 aromatic rings. The minimum absolute atomic E-state index is 0.270. The van der Waals surface area contributed by atoms with Crippen molar-refractivity contribution in [3.63, 3.8) is 0 Å². The number of rotatable bonds is 3. The Labute approximate surface area is 111 Å². The highest BCUT2D eigenvalue weighted by Crippen LogP contribution is 2.20. The molecule has 0 fully saturated rings. The number of nitrogens with zero attached hydrogens (tertiary/aromatic N) is 2. The number of carbonyl (C=O) groups excluding carboxylic acids is 1. The van der Waals surface area contributed by atoms with Crippen LogP contribution in [0.1, 0.15) is 12.5 Å². The largest absolute Gasteiger partial charge is 0.324 e. The second kappa shape index (κ2) is 5.32. The number of nitrogens with one attached hydrogen (secondary N) is 1. The summed E-state index contributed by atoms with van der Waals surface area (Å²) in [5.41, 5.74) is -0.331. The predicted molar refractivity (Wildman–Crippen MR) is 61.9 cm³/mol. The predicted octanol–water partition coefficient (Wildman–Crippen LogP) is 2.45. The number of anilines is 1. The third-order valence-corrected chi connectivity index (χ3v) is 2.48. The van der Waals surface area contributed by atoms with Crippen LogP contribution in [-0.4, -0.2) is 15.7 Å². The fourth-order valence-corrected chi connectivity index (χ4v) is 1.63. The molecule has 4 nitrogen and oxygen atoms in total. The van der Waals surface area contributed by atoms with Gasteiger partial charge in [0.1, 0.15) is 5.82 Å². The Morgan fingerprint density at radius 2 is 1.95 bits per heavy atom. The number of aromatic nitrogens is 2. The van der Waals surface area contributed by atoms with Crippen molar-refractivity contribution in [1.82, 2.24) is 9.78 Å². The Balaban J connectivity index is 2.28. The summed E-state index contributed by atoms with van der Waals surface area (Å²) in [7, 11) is 0. The van der Waals surface area contributed by atoms with Gasteiger partial charge in [-0.05, 0) is 0 Å². The van der Waals surface area contributed by atoms with E-state index in [1.807, 2.05) is 0 Å². The topological polar surface area (TPSA) is 46.9 Å². The second-order valence-corrected chi connectivity index (χ2v) is 4.05. The molecule has 1 N–H and O–H groups in total. The van der Waals surface area contributed by atoms with Gasteiger partial charge >= 0.3 is 0 Å². The molecule has 0 bridgehead atoms. The van der Waals surface area contributed by atoms with Crippen LogP contribution in [0, 0.1) is 23.3 Å². The van der Waals surface area contributed by atoms with Crippen LogP contribution in [0.2, 0.25) is 0 Å². The number of halogens is 4. The second-order valence-electron chi connectivity index (χ2n) is 4.05. The van der Waals surface area contributed by atoms with Crippen molar-refractivity contribution in [3.05, 3.63) is 47.3 Å². The zero-order chi connectivity index (χ0) is 14.9. The van der Waals surface area contributed by atoms with Gasteiger partial charge in [-0.25, -0.2) is 17.6 Å². The fourth-order valence-electron chi connectivity index (χ4n) is 1.63. The minimum atomic E-state index is -1.74. The molecule has 1 amide bonds. The summed E-state index contributed by atoms with van der Waals surface area (Å²) in [4.78, 5) is 10.8. The van der Waals surface area contributed by atoms with Crippen molar-refractivity contribution in [1.29, 1.82) is 0 Å². The molecule has 8 heteroatoms. The van der Waals surface area contributed by atoms with Gasteiger partial charge in [0.15, 0.2) is 17.5 Å². The summed E-state index contributed by atoms with van der Waals surface area (Å²) < 4.78 is 53.8. The van der Waals surface area contributed by atoms with E-state index < -0.39 is 35.4 Å². The molecular weight excluding hydrogens is 278 g/mol. The van der Waals surface area contributed by atoms with Gasteiger partial charge in [-0.15, -0.1) is 0 Å².